The molecule has 2 amide bonds. The number of alkyl carbamates (subject to hydrolysis) is 1. The number of imidazole rings is 1. The van der Waals surface area contributed by atoms with Gasteiger partial charge >= 0.3 is 12.7 Å². The number of rotatable bonds is 3. The summed E-state index contributed by atoms with van der Waals surface area (Å²) in [7, 11) is 1.70. The Labute approximate surface area is 225 Å². The molecule has 1 aromatic heterocycles. The minimum atomic E-state index is -3.02. The van der Waals surface area contributed by atoms with E-state index in [2.05, 4.69) is 17.2 Å². The lowest BCUT2D eigenvalue weighted by molar-refractivity contribution is -0.0507. The van der Waals surface area contributed by atoms with Crippen molar-refractivity contribution < 1.29 is 27.8 Å². The number of nitrogens with zero attached hydrogens (tertiary/aromatic N) is 3. The topological polar surface area (TPSA) is 85.7 Å². The van der Waals surface area contributed by atoms with Crippen LogP contribution < -0.4 is 10.1 Å². The van der Waals surface area contributed by atoms with E-state index in [-0.39, 0.29) is 17.7 Å². The van der Waals surface area contributed by atoms with Crippen LogP contribution in [-0.2, 0) is 4.74 Å². The third-order valence-corrected chi connectivity index (χ3v) is 6.74. The number of hydrogen-bond acceptors (Lipinski definition) is 5. The summed E-state index contributed by atoms with van der Waals surface area (Å²) in [5.74, 6) is 6.61. The maximum atomic E-state index is 13.3. The van der Waals surface area contributed by atoms with Crippen LogP contribution in [0.4, 0.5) is 13.6 Å². The third kappa shape index (κ3) is 5.01. The molecule has 2 atom stereocenters. The number of benzene rings is 2. The van der Waals surface area contributed by atoms with Crippen LogP contribution in [0.1, 0.15) is 80.4 Å². The average molecular weight is 537 g/mol. The number of aromatic nitrogens is 2. The summed E-state index contributed by atoms with van der Waals surface area (Å²) in [6.45, 7) is 5.89. The number of alkyl halides is 2. The largest absolute Gasteiger partial charge is 0.444 e. The summed E-state index contributed by atoms with van der Waals surface area (Å²) in [6.07, 6.45) is -0.0757. The van der Waals surface area contributed by atoms with Crippen molar-refractivity contribution in [2.75, 3.05) is 7.05 Å². The molecule has 0 aliphatic carbocycles. The molecule has 2 aliphatic rings. The lowest BCUT2D eigenvalue weighted by atomic mass is 9.97. The van der Waals surface area contributed by atoms with Gasteiger partial charge in [0.15, 0.2) is 0 Å². The number of amides is 2. The molecule has 0 saturated heterocycles. The first-order valence-electron chi connectivity index (χ1n) is 12.7. The van der Waals surface area contributed by atoms with Crippen molar-refractivity contribution in [2.24, 2.45) is 0 Å². The number of carbonyl (C=O) groups excluding carboxylic acids is 2. The van der Waals surface area contributed by atoms with E-state index in [0.29, 0.717) is 34.5 Å². The van der Waals surface area contributed by atoms with Crippen LogP contribution in [0.25, 0.3) is 11.0 Å². The zero-order chi connectivity index (χ0) is 28.3. The number of halogens is 2. The average Bonchev–Trinajstić information content (AvgIpc) is 3.33. The van der Waals surface area contributed by atoms with Crippen molar-refractivity contribution in [3.05, 3.63) is 58.9 Å². The summed E-state index contributed by atoms with van der Waals surface area (Å²) in [4.78, 5) is 31.9. The van der Waals surface area contributed by atoms with Crippen LogP contribution >= 0.6 is 0 Å². The number of ether oxygens (including phenoxy) is 2. The van der Waals surface area contributed by atoms with Gasteiger partial charge in [0.2, 0.25) is 0 Å². The minimum absolute atomic E-state index is 0.0180. The van der Waals surface area contributed by atoms with Crippen molar-refractivity contribution >= 4 is 23.0 Å². The highest BCUT2D eigenvalue weighted by Gasteiger charge is 2.45. The molecule has 2 aromatic carbocycles. The summed E-state index contributed by atoms with van der Waals surface area (Å²) in [6, 6.07) is 9.46. The van der Waals surface area contributed by atoms with Crippen LogP contribution in [0, 0.1) is 11.8 Å². The Hall–Kier alpha value is -4.13. The summed E-state index contributed by atoms with van der Waals surface area (Å²) in [5.41, 5.74) is 1.42. The van der Waals surface area contributed by atoms with Crippen molar-refractivity contribution in [3.63, 3.8) is 0 Å². The van der Waals surface area contributed by atoms with E-state index in [1.807, 2.05) is 22.8 Å². The number of hydrogen-bond donors (Lipinski definition) is 1. The number of nitrogens with one attached hydrogen (secondary N) is 1. The van der Waals surface area contributed by atoms with Gasteiger partial charge in [0.1, 0.15) is 17.2 Å². The van der Waals surface area contributed by atoms with Gasteiger partial charge in [-0.15, -0.1) is 0 Å². The molecular weight excluding hydrogens is 506 g/mol. The van der Waals surface area contributed by atoms with E-state index in [0.717, 1.165) is 5.52 Å². The number of fused-ring (bicyclic) bond motifs is 9. The van der Waals surface area contributed by atoms with E-state index in [9.17, 15) is 18.4 Å². The van der Waals surface area contributed by atoms with Gasteiger partial charge in [-0.3, -0.25) is 4.79 Å². The molecule has 0 spiro atoms. The smallest absolute Gasteiger partial charge is 0.408 e. The Balaban J connectivity index is 1.55. The SMILES string of the molecule is CN1C(=O)c2cccc(OC(F)F)c2[C@H]2CC1c1nc3ccc(C#CC(C)(C)NC(=O)OC(C)(C)C)cc3n12. The van der Waals surface area contributed by atoms with Gasteiger partial charge in [0.05, 0.1) is 28.7 Å². The summed E-state index contributed by atoms with van der Waals surface area (Å²) >= 11 is 0. The molecule has 5 rings (SSSR count). The lowest BCUT2D eigenvalue weighted by Gasteiger charge is -2.24. The van der Waals surface area contributed by atoms with Gasteiger partial charge in [-0.05, 0) is 65.0 Å². The Morgan fingerprint density at radius 2 is 1.90 bits per heavy atom. The fraction of sp³-hybridized carbons (Fsp3) is 0.414. The van der Waals surface area contributed by atoms with Crippen molar-refractivity contribution in [3.8, 4) is 17.6 Å². The standard InChI is InChI=1S/C29H30F2N4O4/c1-28(2,3)39-27(37)33-29(4,5)13-12-16-10-11-18-19(14-16)35-20-15-21(24(35)32-18)34(6)25(36)17-8-7-9-22(23(17)20)38-26(30)31/h7-11,14,20-21,26H,15H2,1-6H3,(H,33,37)/t20-,21?/m1/s1. The van der Waals surface area contributed by atoms with Crippen molar-refractivity contribution in [2.45, 2.75) is 70.9 Å². The quantitative estimate of drug-likeness (QED) is 0.453. The Bertz CT molecular complexity index is 1540. The fourth-order valence-electron chi connectivity index (χ4n) is 5.18. The van der Waals surface area contributed by atoms with Crippen LogP contribution in [0.3, 0.4) is 0 Å². The molecule has 0 radical (unpaired) electrons. The third-order valence-electron chi connectivity index (χ3n) is 6.74. The normalized spacial score (nSPS) is 18.3. The van der Waals surface area contributed by atoms with Crippen LogP contribution in [-0.4, -0.2) is 51.3 Å². The van der Waals surface area contributed by atoms with Gasteiger partial charge in [-0.25, -0.2) is 9.78 Å². The highest BCUT2D eigenvalue weighted by Crippen LogP contribution is 2.49. The molecule has 0 saturated carbocycles. The number of carbonyl (C=O) groups is 2. The van der Waals surface area contributed by atoms with Crippen LogP contribution in [0.15, 0.2) is 36.4 Å². The second kappa shape index (κ2) is 9.26. The molecule has 39 heavy (non-hydrogen) atoms. The van der Waals surface area contributed by atoms with E-state index < -0.39 is 29.9 Å². The zero-order valence-corrected chi connectivity index (χ0v) is 22.6. The minimum Gasteiger partial charge on any atom is -0.444 e. The van der Waals surface area contributed by atoms with E-state index >= 15 is 0 Å². The molecule has 204 valence electrons. The second-order valence-corrected chi connectivity index (χ2v) is 11.3. The molecule has 10 heteroatoms. The molecule has 2 aliphatic heterocycles. The molecule has 0 fully saturated rings. The van der Waals surface area contributed by atoms with E-state index in [1.165, 1.54) is 6.07 Å². The summed E-state index contributed by atoms with van der Waals surface area (Å²) < 4.78 is 38.8. The van der Waals surface area contributed by atoms with Crippen LogP contribution in [0.2, 0.25) is 0 Å². The van der Waals surface area contributed by atoms with Crippen molar-refractivity contribution in [1.29, 1.82) is 0 Å². The molecule has 2 bridgehead atoms. The van der Waals surface area contributed by atoms with Gasteiger partial charge in [-0.1, -0.05) is 17.9 Å². The van der Waals surface area contributed by atoms with Crippen LogP contribution in [0.5, 0.6) is 5.75 Å². The van der Waals surface area contributed by atoms with Gasteiger partial charge in [-0.2, -0.15) is 8.78 Å². The van der Waals surface area contributed by atoms with Gasteiger partial charge in [0.25, 0.3) is 5.91 Å². The predicted octanol–water partition coefficient (Wildman–Crippen LogP) is 5.41. The lowest BCUT2D eigenvalue weighted by Crippen LogP contribution is -2.44. The molecule has 3 heterocycles. The highest BCUT2D eigenvalue weighted by molar-refractivity contribution is 5.97. The monoisotopic (exact) mass is 536 g/mol. The molecule has 1 N–H and O–H groups in total. The summed E-state index contributed by atoms with van der Waals surface area (Å²) in [5, 5.41) is 2.77. The second-order valence-electron chi connectivity index (χ2n) is 11.3. The maximum absolute atomic E-state index is 13.3. The van der Waals surface area contributed by atoms with Gasteiger partial charge < -0.3 is 24.3 Å². The highest BCUT2D eigenvalue weighted by atomic mass is 19.3. The first-order chi connectivity index (χ1) is 18.2. The molecule has 8 nitrogen and oxygen atoms in total. The maximum Gasteiger partial charge on any atom is 0.408 e. The Morgan fingerprint density at radius 1 is 1.15 bits per heavy atom. The van der Waals surface area contributed by atoms with E-state index in [4.69, 9.17) is 14.5 Å². The van der Waals surface area contributed by atoms with E-state index in [1.54, 1.807) is 58.7 Å². The fourth-order valence-corrected chi connectivity index (χ4v) is 5.18. The Morgan fingerprint density at radius 3 is 2.59 bits per heavy atom. The molecule has 3 aromatic rings. The molecular formula is C29H30F2N4O4. The Kier molecular flexibility index (Phi) is 6.29. The zero-order valence-electron chi connectivity index (χ0n) is 22.6. The first-order valence-corrected chi connectivity index (χ1v) is 12.7. The first kappa shape index (κ1) is 26.5. The van der Waals surface area contributed by atoms with Gasteiger partial charge in [0, 0.05) is 30.2 Å². The predicted molar refractivity (Wildman–Crippen MR) is 141 cm³/mol. The van der Waals surface area contributed by atoms with Crippen molar-refractivity contribution in [1.82, 2.24) is 19.8 Å². The molecule has 1 unspecified atom stereocenters.